The summed E-state index contributed by atoms with van der Waals surface area (Å²) >= 11 is 6.08. The molecule has 0 saturated heterocycles. The van der Waals surface area contributed by atoms with Crippen molar-refractivity contribution in [2.45, 2.75) is 0 Å². The van der Waals surface area contributed by atoms with Gasteiger partial charge in [-0.15, -0.1) is 10.2 Å². The van der Waals surface area contributed by atoms with E-state index in [1.807, 2.05) is 72.8 Å². The molecule has 144 valence electrons. The smallest absolute Gasteiger partial charge is 0.168 e. The number of aromatic nitrogens is 2. The molecule has 0 aliphatic rings. The van der Waals surface area contributed by atoms with Crippen molar-refractivity contribution in [3.8, 4) is 11.3 Å². The molecule has 0 aliphatic carbocycles. The molecule has 0 unspecified atom stereocenters. The standard InChI is InChI=1S/C26H18ClN3/c27-20-17-15-19(16-18-20)25-23-13-7-8-14-24(23)26(29-28-25)30(21-9-3-1-4-10-21)22-11-5-2-6-12-22/h1-18H. The molecule has 0 radical (unpaired) electrons. The van der Waals surface area contributed by atoms with E-state index in [1.54, 1.807) is 0 Å². The summed E-state index contributed by atoms with van der Waals surface area (Å²) < 4.78 is 0. The number of hydrogen-bond acceptors (Lipinski definition) is 3. The lowest BCUT2D eigenvalue weighted by molar-refractivity contribution is 1.03. The van der Waals surface area contributed by atoms with Crippen molar-refractivity contribution >= 4 is 39.6 Å². The first kappa shape index (κ1) is 18.3. The van der Waals surface area contributed by atoms with Crippen molar-refractivity contribution in [3.63, 3.8) is 0 Å². The Hall–Kier alpha value is -3.69. The Morgan fingerprint density at radius 1 is 0.533 bits per heavy atom. The van der Waals surface area contributed by atoms with Crippen molar-refractivity contribution in [3.05, 3.63) is 114 Å². The van der Waals surface area contributed by atoms with Crippen molar-refractivity contribution in [1.29, 1.82) is 0 Å². The number of hydrogen-bond donors (Lipinski definition) is 0. The van der Waals surface area contributed by atoms with Gasteiger partial charge in [0.15, 0.2) is 5.82 Å². The lowest BCUT2D eigenvalue weighted by Crippen LogP contribution is -2.13. The fourth-order valence-electron chi connectivity index (χ4n) is 3.62. The highest BCUT2D eigenvalue weighted by molar-refractivity contribution is 6.30. The predicted molar refractivity (Wildman–Crippen MR) is 125 cm³/mol. The normalized spacial score (nSPS) is 10.8. The van der Waals surface area contributed by atoms with Crippen LogP contribution in [0.2, 0.25) is 5.02 Å². The molecule has 0 spiro atoms. The van der Waals surface area contributed by atoms with E-state index < -0.39 is 0 Å². The van der Waals surface area contributed by atoms with Crippen LogP contribution in [0.1, 0.15) is 0 Å². The molecule has 0 amide bonds. The summed E-state index contributed by atoms with van der Waals surface area (Å²) in [7, 11) is 0. The quantitative estimate of drug-likeness (QED) is 0.310. The number of rotatable bonds is 4. The van der Waals surface area contributed by atoms with E-state index in [2.05, 4.69) is 46.4 Å². The molecule has 4 aromatic carbocycles. The number of fused-ring (bicyclic) bond motifs is 1. The highest BCUT2D eigenvalue weighted by Crippen LogP contribution is 2.38. The van der Waals surface area contributed by atoms with Gasteiger partial charge in [-0.1, -0.05) is 84.4 Å². The monoisotopic (exact) mass is 407 g/mol. The topological polar surface area (TPSA) is 29.0 Å². The number of halogens is 1. The van der Waals surface area contributed by atoms with Gasteiger partial charge in [-0.05, 0) is 36.4 Å². The summed E-state index contributed by atoms with van der Waals surface area (Å²) in [5, 5.41) is 12.1. The Kier molecular flexibility index (Phi) is 4.88. The second-order valence-electron chi connectivity index (χ2n) is 6.93. The van der Waals surface area contributed by atoms with Crippen LogP contribution in [0.3, 0.4) is 0 Å². The van der Waals surface area contributed by atoms with E-state index in [0.717, 1.165) is 39.2 Å². The van der Waals surface area contributed by atoms with Gasteiger partial charge in [-0.3, -0.25) is 4.90 Å². The van der Waals surface area contributed by atoms with Gasteiger partial charge >= 0.3 is 0 Å². The summed E-state index contributed by atoms with van der Waals surface area (Å²) in [6.45, 7) is 0. The van der Waals surface area contributed by atoms with Crippen LogP contribution in [0.4, 0.5) is 17.2 Å². The zero-order valence-corrected chi connectivity index (χ0v) is 16.9. The molecule has 0 N–H and O–H groups in total. The van der Waals surface area contributed by atoms with Crippen LogP contribution in [0.25, 0.3) is 22.0 Å². The molecule has 5 aromatic rings. The van der Waals surface area contributed by atoms with Crippen LogP contribution in [-0.4, -0.2) is 10.2 Å². The van der Waals surface area contributed by atoms with Gasteiger partial charge in [0.25, 0.3) is 0 Å². The summed E-state index contributed by atoms with van der Waals surface area (Å²) in [5.41, 5.74) is 3.89. The fourth-order valence-corrected chi connectivity index (χ4v) is 3.75. The maximum absolute atomic E-state index is 6.08. The molecule has 0 aliphatic heterocycles. The van der Waals surface area contributed by atoms with Crippen LogP contribution in [0.15, 0.2) is 109 Å². The van der Waals surface area contributed by atoms with E-state index in [9.17, 15) is 0 Å². The van der Waals surface area contributed by atoms with E-state index in [0.29, 0.717) is 5.02 Å². The van der Waals surface area contributed by atoms with Gasteiger partial charge in [0, 0.05) is 32.7 Å². The molecule has 30 heavy (non-hydrogen) atoms. The predicted octanol–water partition coefficient (Wildman–Crippen LogP) is 7.42. The Bertz CT molecular complexity index is 1250. The second-order valence-corrected chi connectivity index (χ2v) is 7.37. The highest BCUT2D eigenvalue weighted by atomic mass is 35.5. The maximum atomic E-state index is 6.08. The minimum Gasteiger partial charge on any atom is -0.293 e. The molecule has 5 rings (SSSR count). The summed E-state index contributed by atoms with van der Waals surface area (Å²) in [6.07, 6.45) is 0. The Morgan fingerprint density at radius 2 is 1.07 bits per heavy atom. The van der Waals surface area contributed by atoms with E-state index in [4.69, 9.17) is 16.7 Å². The first-order chi connectivity index (χ1) is 14.8. The minimum absolute atomic E-state index is 0.701. The van der Waals surface area contributed by atoms with Crippen LogP contribution < -0.4 is 4.90 Å². The Balaban J connectivity index is 1.75. The fraction of sp³-hybridized carbons (Fsp3) is 0. The Morgan fingerprint density at radius 3 is 1.67 bits per heavy atom. The summed E-state index contributed by atoms with van der Waals surface area (Å²) in [6, 6.07) is 36.4. The molecule has 0 saturated carbocycles. The molecule has 1 heterocycles. The lowest BCUT2D eigenvalue weighted by Gasteiger charge is -2.25. The van der Waals surface area contributed by atoms with Crippen LogP contribution in [0, 0.1) is 0 Å². The molecular formula is C26H18ClN3. The third-order valence-electron chi connectivity index (χ3n) is 5.03. The van der Waals surface area contributed by atoms with Gasteiger partial charge in [-0.2, -0.15) is 0 Å². The molecule has 0 bridgehead atoms. The minimum atomic E-state index is 0.701. The van der Waals surface area contributed by atoms with Gasteiger partial charge < -0.3 is 0 Å². The first-order valence-corrected chi connectivity index (χ1v) is 10.1. The van der Waals surface area contributed by atoms with Gasteiger partial charge in [0.1, 0.15) is 5.69 Å². The molecule has 0 fully saturated rings. The molecule has 0 atom stereocenters. The summed E-state index contributed by atoms with van der Waals surface area (Å²) in [5.74, 6) is 0.792. The highest BCUT2D eigenvalue weighted by Gasteiger charge is 2.19. The average Bonchev–Trinajstić information content (AvgIpc) is 2.81. The third-order valence-corrected chi connectivity index (χ3v) is 5.28. The Labute approximate surface area is 180 Å². The van der Waals surface area contributed by atoms with Crippen molar-refractivity contribution < 1.29 is 0 Å². The SMILES string of the molecule is Clc1ccc(-c2nnc(N(c3ccccc3)c3ccccc3)c3ccccc23)cc1. The van der Waals surface area contributed by atoms with Crippen LogP contribution in [0.5, 0.6) is 0 Å². The van der Waals surface area contributed by atoms with E-state index in [-0.39, 0.29) is 0 Å². The van der Waals surface area contributed by atoms with E-state index >= 15 is 0 Å². The number of benzene rings is 4. The van der Waals surface area contributed by atoms with Crippen molar-refractivity contribution in [1.82, 2.24) is 10.2 Å². The van der Waals surface area contributed by atoms with Crippen molar-refractivity contribution in [2.75, 3.05) is 4.90 Å². The van der Waals surface area contributed by atoms with Gasteiger partial charge in [-0.25, -0.2) is 0 Å². The third kappa shape index (κ3) is 3.40. The molecule has 3 nitrogen and oxygen atoms in total. The first-order valence-electron chi connectivity index (χ1n) is 9.73. The van der Waals surface area contributed by atoms with Crippen LogP contribution in [-0.2, 0) is 0 Å². The number of para-hydroxylation sites is 2. The molecular weight excluding hydrogens is 390 g/mol. The van der Waals surface area contributed by atoms with Gasteiger partial charge in [0.05, 0.1) is 0 Å². The second kappa shape index (κ2) is 7.97. The maximum Gasteiger partial charge on any atom is 0.168 e. The average molecular weight is 408 g/mol. The zero-order chi connectivity index (χ0) is 20.3. The van der Waals surface area contributed by atoms with E-state index in [1.165, 1.54) is 0 Å². The van der Waals surface area contributed by atoms with Gasteiger partial charge in [0.2, 0.25) is 0 Å². The summed E-state index contributed by atoms with van der Waals surface area (Å²) in [4.78, 5) is 2.14. The lowest BCUT2D eigenvalue weighted by atomic mass is 10.0. The molecule has 1 aromatic heterocycles. The van der Waals surface area contributed by atoms with Crippen molar-refractivity contribution in [2.24, 2.45) is 0 Å². The van der Waals surface area contributed by atoms with Crippen LogP contribution >= 0.6 is 11.6 Å². The molecule has 4 heteroatoms. The largest absolute Gasteiger partial charge is 0.293 e. The number of anilines is 3. The zero-order valence-electron chi connectivity index (χ0n) is 16.1. The number of nitrogens with zero attached hydrogens (tertiary/aromatic N) is 3.